The van der Waals surface area contributed by atoms with Gasteiger partial charge in [-0.1, -0.05) is 6.92 Å². The van der Waals surface area contributed by atoms with Gasteiger partial charge in [0.15, 0.2) is 0 Å². The number of hydrogen-bond donors (Lipinski definition) is 1. The Morgan fingerprint density at radius 3 is 2.95 bits per heavy atom. The normalized spacial score (nSPS) is 22.2. The number of carbonyl (C=O) groups excluding carboxylic acids is 1. The molecule has 0 bridgehead atoms. The Balaban J connectivity index is 2.16. The number of pyridine rings is 1. The lowest BCUT2D eigenvalue weighted by molar-refractivity contribution is -0.00156. The third-order valence-corrected chi connectivity index (χ3v) is 4.04. The number of amides is 1. The quantitative estimate of drug-likeness (QED) is 0.925. The smallest absolute Gasteiger partial charge is 0.254 e. The van der Waals surface area contributed by atoms with Crippen LogP contribution in [0.4, 0.5) is 5.82 Å². The maximum Gasteiger partial charge on any atom is 0.254 e. The first kappa shape index (κ1) is 15.8. The standard InChI is InChI=1S/C16H25N3O2/c1-5-17-15-9-13(8-12(3)18-15)16(20)19-7-6-11(2)14(10-19)21-4/h8-9,11,14H,5-7,10H2,1-4H3,(H,17,18). The fraction of sp³-hybridized carbons (Fsp3) is 0.625. The van der Waals surface area contributed by atoms with Gasteiger partial charge in [0.2, 0.25) is 0 Å². The molecule has 116 valence electrons. The zero-order chi connectivity index (χ0) is 15.4. The molecule has 0 saturated carbocycles. The highest BCUT2D eigenvalue weighted by molar-refractivity contribution is 5.95. The first-order chi connectivity index (χ1) is 10.0. The number of anilines is 1. The van der Waals surface area contributed by atoms with Crippen LogP contribution in [0.25, 0.3) is 0 Å². The number of aromatic nitrogens is 1. The number of nitrogens with zero attached hydrogens (tertiary/aromatic N) is 2. The van der Waals surface area contributed by atoms with E-state index in [1.807, 2.05) is 30.9 Å². The summed E-state index contributed by atoms with van der Waals surface area (Å²) in [5.74, 6) is 1.32. The van der Waals surface area contributed by atoms with E-state index in [1.165, 1.54) is 0 Å². The third-order valence-electron chi connectivity index (χ3n) is 4.04. The third kappa shape index (κ3) is 3.73. The maximum absolute atomic E-state index is 12.7. The SMILES string of the molecule is CCNc1cc(C(=O)N2CCC(C)C(OC)C2)cc(C)n1. The molecule has 1 N–H and O–H groups in total. The van der Waals surface area contributed by atoms with E-state index in [4.69, 9.17) is 4.74 Å². The Bertz CT molecular complexity index is 504. The fourth-order valence-electron chi connectivity index (χ4n) is 2.77. The van der Waals surface area contributed by atoms with Gasteiger partial charge < -0.3 is 15.0 Å². The lowest BCUT2D eigenvalue weighted by Crippen LogP contribution is -2.46. The molecule has 2 unspecified atom stereocenters. The number of nitrogens with one attached hydrogen (secondary N) is 1. The minimum atomic E-state index is 0.0635. The number of piperidine rings is 1. The summed E-state index contributed by atoms with van der Waals surface area (Å²) < 4.78 is 5.49. The molecule has 1 fully saturated rings. The minimum absolute atomic E-state index is 0.0635. The van der Waals surface area contributed by atoms with Gasteiger partial charge in [-0.3, -0.25) is 4.79 Å². The summed E-state index contributed by atoms with van der Waals surface area (Å²) in [7, 11) is 1.72. The Kier molecular flexibility index (Phi) is 5.17. The van der Waals surface area contributed by atoms with Crippen LogP contribution in [0, 0.1) is 12.8 Å². The molecule has 5 heteroatoms. The molecule has 1 amide bonds. The minimum Gasteiger partial charge on any atom is -0.379 e. The van der Waals surface area contributed by atoms with Gasteiger partial charge in [0.05, 0.1) is 6.10 Å². The number of ether oxygens (including phenoxy) is 1. The van der Waals surface area contributed by atoms with E-state index >= 15 is 0 Å². The molecule has 1 aliphatic rings. The maximum atomic E-state index is 12.7. The second-order valence-corrected chi connectivity index (χ2v) is 5.70. The number of methoxy groups -OCH3 is 1. The first-order valence-electron chi connectivity index (χ1n) is 7.59. The zero-order valence-corrected chi connectivity index (χ0v) is 13.3. The van der Waals surface area contributed by atoms with Crippen molar-refractivity contribution >= 4 is 11.7 Å². The van der Waals surface area contributed by atoms with Crippen LogP contribution in [0.5, 0.6) is 0 Å². The fourth-order valence-corrected chi connectivity index (χ4v) is 2.77. The van der Waals surface area contributed by atoms with Crippen molar-refractivity contribution in [3.05, 3.63) is 23.4 Å². The summed E-state index contributed by atoms with van der Waals surface area (Å²) in [4.78, 5) is 19.0. The Hall–Kier alpha value is -1.62. The second kappa shape index (κ2) is 6.89. The molecule has 5 nitrogen and oxygen atoms in total. The molecular formula is C16H25N3O2. The van der Waals surface area contributed by atoms with Crippen molar-refractivity contribution in [2.24, 2.45) is 5.92 Å². The molecule has 2 atom stereocenters. The summed E-state index contributed by atoms with van der Waals surface area (Å²) in [6.45, 7) is 8.34. The second-order valence-electron chi connectivity index (χ2n) is 5.70. The van der Waals surface area contributed by atoms with Gasteiger partial charge >= 0.3 is 0 Å². The van der Waals surface area contributed by atoms with Gasteiger partial charge in [-0.2, -0.15) is 0 Å². The molecule has 1 saturated heterocycles. The van der Waals surface area contributed by atoms with Crippen molar-refractivity contribution in [3.63, 3.8) is 0 Å². The van der Waals surface area contributed by atoms with Gasteiger partial charge in [0.1, 0.15) is 5.82 Å². The highest BCUT2D eigenvalue weighted by Gasteiger charge is 2.29. The number of carbonyl (C=O) groups is 1. The lowest BCUT2D eigenvalue weighted by atomic mass is 9.95. The molecule has 21 heavy (non-hydrogen) atoms. The summed E-state index contributed by atoms with van der Waals surface area (Å²) in [5, 5.41) is 3.17. The summed E-state index contributed by atoms with van der Waals surface area (Å²) in [5.41, 5.74) is 1.55. The predicted octanol–water partition coefficient (Wildman–Crippen LogP) is 2.32. The monoisotopic (exact) mass is 291 g/mol. The molecule has 2 rings (SSSR count). The number of hydrogen-bond acceptors (Lipinski definition) is 4. The highest BCUT2D eigenvalue weighted by Crippen LogP contribution is 2.22. The van der Waals surface area contributed by atoms with Crippen molar-refractivity contribution < 1.29 is 9.53 Å². The van der Waals surface area contributed by atoms with Crippen LogP contribution in [0.15, 0.2) is 12.1 Å². The van der Waals surface area contributed by atoms with E-state index in [-0.39, 0.29) is 12.0 Å². The Labute approximate surface area is 126 Å². The molecule has 0 spiro atoms. The highest BCUT2D eigenvalue weighted by atomic mass is 16.5. The predicted molar refractivity (Wildman–Crippen MR) is 83.6 cm³/mol. The van der Waals surface area contributed by atoms with Crippen LogP contribution in [0.1, 0.15) is 36.3 Å². The molecule has 1 aliphatic heterocycles. The van der Waals surface area contributed by atoms with Gasteiger partial charge in [-0.25, -0.2) is 4.98 Å². The van der Waals surface area contributed by atoms with E-state index in [9.17, 15) is 4.79 Å². The molecule has 0 radical (unpaired) electrons. The average molecular weight is 291 g/mol. The molecule has 0 aliphatic carbocycles. The van der Waals surface area contributed by atoms with Crippen molar-refractivity contribution in [1.82, 2.24) is 9.88 Å². The van der Waals surface area contributed by atoms with Gasteiger partial charge in [-0.05, 0) is 38.3 Å². The van der Waals surface area contributed by atoms with Gasteiger partial charge in [0.25, 0.3) is 5.91 Å². The van der Waals surface area contributed by atoms with Crippen LogP contribution < -0.4 is 5.32 Å². The van der Waals surface area contributed by atoms with Crippen molar-refractivity contribution in [3.8, 4) is 0 Å². The molecule has 0 aromatic carbocycles. The van der Waals surface area contributed by atoms with E-state index < -0.39 is 0 Å². The first-order valence-corrected chi connectivity index (χ1v) is 7.59. The van der Waals surface area contributed by atoms with E-state index in [0.717, 1.165) is 31.0 Å². The van der Waals surface area contributed by atoms with E-state index in [2.05, 4.69) is 17.2 Å². The number of rotatable bonds is 4. The van der Waals surface area contributed by atoms with E-state index in [1.54, 1.807) is 7.11 Å². The van der Waals surface area contributed by atoms with Crippen LogP contribution in [0.3, 0.4) is 0 Å². The molecule has 1 aromatic rings. The number of aryl methyl sites for hydroxylation is 1. The van der Waals surface area contributed by atoms with Gasteiger partial charge in [0, 0.05) is 38.0 Å². The molecule has 2 heterocycles. The Morgan fingerprint density at radius 1 is 1.52 bits per heavy atom. The molecular weight excluding hydrogens is 266 g/mol. The summed E-state index contributed by atoms with van der Waals surface area (Å²) >= 11 is 0. The van der Waals surface area contributed by atoms with Crippen LogP contribution >= 0.6 is 0 Å². The van der Waals surface area contributed by atoms with Crippen LogP contribution in [-0.4, -0.2) is 48.6 Å². The van der Waals surface area contributed by atoms with Crippen molar-refractivity contribution in [2.75, 3.05) is 32.1 Å². The van der Waals surface area contributed by atoms with Crippen molar-refractivity contribution in [2.45, 2.75) is 33.3 Å². The summed E-state index contributed by atoms with van der Waals surface area (Å²) in [6.07, 6.45) is 1.10. The topological polar surface area (TPSA) is 54.5 Å². The average Bonchev–Trinajstić information content (AvgIpc) is 2.47. The Morgan fingerprint density at radius 2 is 2.29 bits per heavy atom. The summed E-state index contributed by atoms with van der Waals surface area (Å²) in [6, 6.07) is 3.68. The van der Waals surface area contributed by atoms with Crippen molar-refractivity contribution in [1.29, 1.82) is 0 Å². The van der Waals surface area contributed by atoms with E-state index in [0.29, 0.717) is 18.0 Å². The zero-order valence-electron chi connectivity index (χ0n) is 13.3. The van der Waals surface area contributed by atoms with Crippen LogP contribution in [-0.2, 0) is 4.74 Å². The molecule has 1 aromatic heterocycles. The van der Waals surface area contributed by atoms with Crippen LogP contribution in [0.2, 0.25) is 0 Å². The van der Waals surface area contributed by atoms with Gasteiger partial charge in [-0.15, -0.1) is 0 Å². The lowest BCUT2D eigenvalue weighted by Gasteiger charge is -2.36. The number of likely N-dealkylation sites (tertiary alicyclic amines) is 1. The largest absolute Gasteiger partial charge is 0.379 e.